The van der Waals surface area contributed by atoms with Crippen molar-refractivity contribution < 1.29 is 27.5 Å². The van der Waals surface area contributed by atoms with Gasteiger partial charge in [0.25, 0.3) is 0 Å². The van der Waals surface area contributed by atoms with Gasteiger partial charge in [-0.2, -0.15) is 24.9 Å². The van der Waals surface area contributed by atoms with Crippen molar-refractivity contribution in [1.29, 1.82) is 0 Å². The Hall–Kier alpha value is -0.960. The molecule has 19 heavy (non-hydrogen) atoms. The minimum absolute atomic E-state index is 0.106. The Bertz CT molecular complexity index is 343. The molecule has 0 aromatic heterocycles. The predicted octanol–water partition coefficient (Wildman–Crippen LogP) is 0.303. The number of methoxy groups -OCH3 is 1. The van der Waals surface area contributed by atoms with Crippen molar-refractivity contribution in [2.75, 3.05) is 31.7 Å². The topological polar surface area (TPSA) is 67.4 Å². The molecule has 0 saturated carbocycles. The van der Waals surface area contributed by atoms with Crippen LogP contribution in [0.1, 0.15) is 6.42 Å². The maximum Gasteiger partial charge on any atom is 0.405 e. The molecule has 0 radical (unpaired) electrons. The largest absolute Gasteiger partial charge is 0.405 e. The van der Waals surface area contributed by atoms with Crippen LogP contribution < -0.4 is 10.6 Å². The molecule has 1 rings (SSSR count). The lowest BCUT2D eigenvalue weighted by Crippen LogP contribution is -2.49. The fraction of sp³-hybridized carbons (Fsp3) is 0.800. The van der Waals surface area contributed by atoms with E-state index in [9.17, 15) is 22.8 Å². The highest BCUT2D eigenvalue weighted by Crippen LogP contribution is 2.30. The molecule has 9 heteroatoms. The van der Waals surface area contributed by atoms with Crippen LogP contribution in [0, 0.1) is 0 Å². The average molecular weight is 300 g/mol. The smallest absolute Gasteiger partial charge is 0.376 e. The summed E-state index contributed by atoms with van der Waals surface area (Å²) in [4.78, 5) is 22.4. The van der Waals surface area contributed by atoms with Crippen molar-refractivity contribution in [2.45, 2.75) is 18.2 Å². The van der Waals surface area contributed by atoms with E-state index in [1.807, 2.05) is 0 Å². The van der Waals surface area contributed by atoms with Crippen LogP contribution >= 0.6 is 11.8 Å². The summed E-state index contributed by atoms with van der Waals surface area (Å²) in [5, 5.41) is 3.80. The first-order valence-electron chi connectivity index (χ1n) is 5.54. The van der Waals surface area contributed by atoms with Crippen molar-refractivity contribution in [3.63, 3.8) is 0 Å². The molecule has 1 fully saturated rings. The zero-order valence-corrected chi connectivity index (χ0v) is 11.1. The highest BCUT2D eigenvalue weighted by molar-refractivity contribution is 7.99. The van der Waals surface area contributed by atoms with E-state index in [1.165, 1.54) is 12.4 Å². The van der Waals surface area contributed by atoms with E-state index in [0.29, 0.717) is 5.75 Å². The van der Waals surface area contributed by atoms with Crippen molar-refractivity contribution in [1.82, 2.24) is 10.6 Å². The molecule has 0 aromatic rings. The Labute approximate surface area is 112 Å². The molecule has 1 unspecified atom stereocenters. The molecule has 2 amide bonds. The summed E-state index contributed by atoms with van der Waals surface area (Å²) in [6.45, 7) is -1.42. The number of carbonyl (C=O) groups is 2. The Morgan fingerprint density at radius 1 is 1.32 bits per heavy atom. The van der Waals surface area contributed by atoms with Crippen LogP contribution in [0.3, 0.4) is 0 Å². The Morgan fingerprint density at radius 2 is 1.95 bits per heavy atom. The van der Waals surface area contributed by atoms with E-state index in [-0.39, 0.29) is 6.54 Å². The molecule has 5 nitrogen and oxygen atoms in total. The number of carbonyl (C=O) groups excluding carboxylic acids is 2. The van der Waals surface area contributed by atoms with Gasteiger partial charge in [-0.25, -0.2) is 0 Å². The van der Waals surface area contributed by atoms with Crippen LogP contribution in [0.5, 0.6) is 0 Å². The van der Waals surface area contributed by atoms with Gasteiger partial charge in [0.1, 0.15) is 6.54 Å². The van der Waals surface area contributed by atoms with Crippen molar-refractivity contribution in [3.8, 4) is 0 Å². The lowest BCUT2D eigenvalue weighted by molar-refractivity contribution is -0.146. The first-order chi connectivity index (χ1) is 8.78. The van der Waals surface area contributed by atoms with Crippen LogP contribution in [-0.2, 0) is 14.3 Å². The summed E-state index contributed by atoms with van der Waals surface area (Å²) < 4.78 is 40.9. The highest BCUT2D eigenvalue weighted by Gasteiger charge is 2.35. The molecule has 1 saturated heterocycles. The maximum absolute atomic E-state index is 11.9. The van der Waals surface area contributed by atoms with E-state index in [4.69, 9.17) is 4.74 Å². The number of thioether (sulfide) groups is 1. The van der Waals surface area contributed by atoms with Crippen molar-refractivity contribution in [2.24, 2.45) is 0 Å². The number of amides is 2. The zero-order valence-electron chi connectivity index (χ0n) is 10.3. The van der Waals surface area contributed by atoms with E-state index in [0.717, 1.165) is 12.2 Å². The fourth-order valence-electron chi connectivity index (χ4n) is 1.54. The van der Waals surface area contributed by atoms with Crippen molar-refractivity contribution >= 4 is 23.6 Å². The monoisotopic (exact) mass is 300 g/mol. The van der Waals surface area contributed by atoms with Gasteiger partial charge < -0.3 is 15.4 Å². The summed E-state index contributed by atoms with van der Waals surface area (Å²) in [7, 11) is 1.50. The Morgan fingerprint density at radius 3 is 2.42 bits per heavy atom. The molecule has 1 aliphatic heterocycles. The second kappa shape index (κ2) is 6.47. The third-order valence-electron chi connectivity index (χ3n) is 2.73. The standard InChI is InChI=1S/C10H15F3N2O3S/c1-18-9(2-3-19-6-9)4-14-7(16)8(17)15-5-10(11,12)13/h2-6H2,1H3,(H,14,16)(H,15,17). The number of hydrogen-bond donors (Lipinski definition) is 2. The molecule has 1 atom stereocenters. The van der Waals surface area contributed by atoms with Gasteiger partial charge in [0.15, 0.2) is 0 Å². The molecule has 0 aromatic carbocycles. The first-order valence-corrected chi connectivity index (χ1v) is 6.69. The molecule has 110 valence electrons. The molecular weight excluding hydrogens is 285 g/mol. The SMILES string of the molecule is COC1(CNC(=O)C(=O)NCC(F)(F)F)CCSC1. The normalized spacial score (nSPS) is 23.2. The molecule has 1 heterocycles. The molecule has 1 aliphatic rings. The Kier molecular flexibility index (Phi) is 5.48. The van der Waals surface area contributed by atoms with Gasteiger partial charge in [-0.1, -0.05) is 0 Å². The number of rotatable bonds is 4. The quantitative estimate of drug-likeness (QED) is 0.733. The number of nitrogens with one attached hydrogen (secondary N) is 2. The second-order valence-electron chi connectivity index (χ2n) is 4.17. The van der Waals surface area contributed by atoms with Crippen LogP contribution in [0.25, 0.3) is 0 Å². The summed E-state index contributed by atoms with van der Waals surface area (Å²) in [5.74, 6) is -0.829. The number of hydrogen-bond acceptors (Lipinski definition) is 4. The minimum atomic E-state index is -4.54. The van der Waals surface area contributed by atoms with Gasteiger partial charge in [0, 0.05) is 19.4 Å². The molecule has 0 spiro atoms. The highest BCUT2D eigenvalue weighted by atomic mass is 32.2. The van der Waals surface area contributed by atoms with Gasteiger partial charge in [-0.05, 0) is 12.2 Å². The first kappa shape index (κ1) is 16.1. The minimum Gasteiger partial charge on any atom is -0.376 e. The van der Waals surface area contributed by atoms with Gasteiger partial charge in [0.05, 0.1) is 5.60 Å². The fourth-order valence-corrected chi connectivity index (χ4v) is 2.94. The summed E-state index contributed by atoms with van der Waals surface area (Å²) in [5.41, 5.74) is -0.537. The summed E-state index contributed by atoms with van der Waals surface area (Å²) in [6.07, 6.45) is -3.82. The maximum atomic E-state index is 11.9. The zero-order chi connectivity index (χ0) is 14.5. The van der Waals surface area contributed by atoms with Crippen LogP contribution in [0.15, 0.2) is 0 Å². The van der Waals surface area contributed by atoms with Gasteiger partial charge >= 0.3 is 18.0 Å². The number of ether oxygens (including phenoxy) is 1. The number of halogens is 3. The van der Waals surface area contributed by atoms with E-state index < -0.39 is 30.1 Å². The molecule has 0 bridgehead atoms. The van der Waals surface area contributed by atoms with Crippen LogP contribution in [0.4, 0.5) is 13.2 Å². The van der Waals surface area contributed by atoms with E-state index >= 15 is 0 Å². The molecular formula is C10H15F3N2O3S. The second-order valence-corrected chi connectivity index (χ2v) is 5.28. The van der Waals surface area contributed by atoms with Gasteiger partial charge in [-0.3, -0.25) is 9.59 Å². The van der Waals surface area contributed by atoms with E-state index in [2.05, 4.69) is 5.32 Å². The lowest BCUT2D eigenvalue weighted by atomic mass is 10.0. The molecule has 0 aliphatic carbocycles. The number of alkyl halides is 3. The summed E-state index contributed by atoms with van der Waals surface area (Å²) >= 11 is 1.65. The van der Waals surface area contributed by atoms with Crippen LogP contribution in [0.2, 0.25) is 0 Å². The summed E-state index contributed by atoms with van der Waals surface area (Å²) in [6, 6.07) is 0. The average Bonchev–Trinajstić information content (AvgIpc) is 2.81. The van der Waals surface area contributed by atoms with Crippen molar-refractivity contribution in [3.05, 3.63) is 0 Å². The van der Waals surface area contributed by atoms with E-state index in [1.54, 1.807) is 11.8 Å². The molecule has 2 N–H and O–H groups in total. The predicted molar refractivity (Wildman–Crippen MR) is 63.8 cm³/mol. The third-order valence-corrected chi connectivity index (χ3v) is 3.95. The van der Waals surface area contributed by atoms with Gasteiger partial charge in [-0.15, -0.1) is 0 Å². The lowest BCUT2D eigenvalue weighted by Gasteiger charge is -2.26. The van der Waals surface area contributed by atoms with Gasteiger partial charge in [0.2, 0.25) is 0 Å². The van der Waals surface area contributed by atoms with Crippen LogP contribution in [-0.4, -0.2) is 55.3 Å². The third kappa shape index (κ3) is 5.27. The Balaban J connectivity index is 2.36.